The Kier molecular flexibility index (Phi) is 3.98. The van der Waals surface area contributed by atoms with Gasteiger partial charge >= 0.3 is 0 Å². The first-order valence-electron chi connectivity index (χ1n) is 4.84. The van der Waals surface area contributed by atoms with E-state index in [0.29, 0.717) is 0 Å². The van der Waals surface area contributed by atoms with Crippen LogP contribution >= 0.6 is 0 Å². The first-order chi connectivity index (χ1) is 6.72. The molecule has 0 atom stereocenters. The first kappa shape index (κ1) is 10.6. The van der Waals surface area contributed by atoms with Gasteiger partial charge in [-0.05, 0) is 24.6 Å². The van der Waals surface area contributed by atoms with E-state index < -0.39 is 0 Å². The van der Waals surface area contributed by atoms with Crippen molar-refractivity contribution in [3.8, 4) is 0 Å². The summed E-state index contributed by atoms with van der Waals surface area (Å²) in [6.45, 7) is 4.57. The van der Waals surface area contributed by atoms with E-state index in [1.807, 2.05) is 24.3 Å². The molecular weight excluding hydrogens is 176 g/mol. The van der Waals surface area contributed by atoms with Crippen LogP contribution in [0.2, 0.25) is 0 Å². The standard InChI is InChI=1S/C11H16N2O/c1-3-7-12-10-5-4-6-11(8-10)13-9(2)14/h4-6,8,12H,3,7H2,1-2H3,(H,13,14). The number of anilines is 2. The summed E-state index contributed by atoms with van der Waals surface area (Å²) in [7, 11) is 0. The summed E-state index contributed by atoms with van der Waals surface area (Å²) in [6.07, 6.45) is 1.09. The average molecular weight is 192 g/mol. The number of rotatable bonds is 4. The lowest BCUT2D eigenvalue weighted by atomic mass is 10.2. The second-order valence-corrected chi connectivity index (χ2v) is 3.19. The van der Waals surface area contributed by atoms with Crippen LogP contribution in [0.1, 0.15) is 20.3 Å². The molecule has 1 aromatic rings. The summed E-state index contributed by atoms with van der Waals surface area (Å²) in [5.41, 5.74) is 1.87. The fourth-order valence-corrected chi connectivity index (χ4v) is 1.18. The summed E-state index contributed by atoms with van der Waals surface area (Å²) in [5.74, 6) is -0.0439. The molecule has 0 aromatic heterocycles. The van der Waals surface area contributed by atoms with E-state index in [-0.39, 0.29) is 5.91 Å². The van der Waals surface area contributed by atoms with Gasteiger partial charge in [0.15, 0.2) is 0 Å². The minimum atomic E-state index is -0.0439. The molecule has 3 heteroatoms. The summed E-state index contributed by atoms with van der Waals surface area (Å²) in [6, 6.07) is 7.71. The molecule has 0 bridgehead atoms. The second kappa shape index (κ2) is 5.27. The van der Waals surface area contributed by atoms with Gasteiger partial charge in [-0.2, -0.15) is 0 Å². The summed E-state index contributed by atoms with van der Waals surface area (Å²) < 4.78 is 0. The van der Waals surface area contributed by atoms with Gasteiger partial charge in [-0.25, -0.2) is 0 Å². The molecule has 1 rings (SSSR count). The molecule has 0 aliphatic heterocycles. The van der Waals surface area contributed by atoms with E-state index in [0.717, 1.165) is 24.3 Å². The van der Waals surface area contributed by atoms with Crippen LogP contribution in [0.15, 0.2) is 24.3 Å². The predicted octanol–water partition coefficient (Wildman–Crippen LogP) is 2.47. The van der Waals surface area contributed by atoms with Crippen LogP contribution in [0.5, 0.6) is 0 Å². The van der Waals surface area contributed by atoms with Crippen molar-refractivity contribution in [2.45, 2.75) is 20.3 Å². The molecular formula is C11H16N2O. The van der Waals surface area contributed by atoms with Crippen molar-refractivity contribution in [2.75, 3.05) is 17.2 Å². The number of amides is 1. The van der Waals surface area contributed by atoms with E-state index in [1.54, 1.807) is 0 Å². The molecule has 1 amide bonds. The number of nitrogens with one attached hydrogen (secondary N) is 2. The monoisotopic (exact) mass is 192 g/mol. The zero-order valence-corrected chi connectivity index (χ0v) is 8.63. The fraction of sp³-hybridized carbons (Fsp3) is 0.364. The van der Waals surface area contributed by atoms with Gasteiger partial charge in [0.05, 0.1) is 0 Å². The third-order valence-electron chi connectivity index (χ3n) is 1.76. The summed E-state index contributed by atoms with van der Waals surface area (Å²) in [5, 5.41) is 6.00. The lowest BCUT2D eigenvalue weighted by Crippen LogP contribution is -2.06. The Labute approximate surface area is 84.5 Å². The SMILES string of the molecule is CCCNc1cccc(NC(C)=O)c1. The quantitative estimate of drug-likeness (QED) is 0.769. The molecule has 2 N–H and O–H groups in total. The van der Waals surface area contributed by atoms with Crippen molar-refractivity contribution >= 4 is 17.3 Å². The van der Waals surface area contributed by atoms with E-state index >= 15 is 0 Å². The van der Waals surface area contributed by atoms with Gasteiger partial charge in [0.2, 0.25) is 5.91 Å². The number of carbonyl (C=O) groups excluding carboxylic acids is 1. The van der Waals surface area contributed by atoms with E-state index in [1.165, 1.54) is 6.92 Å². The average Bonchev–Trinajstić information content (AvgIpc) is 2.14. The molecule has 3 nitrogen and oxygen atoms in total. The highest BCUT2D eigenvalue weighted by atomic mass is 16.1. The Balaban J connectivity index is 2.63. The normalized spacial score (nSPS) is 9.57. The summed E-state index contributed by atoms with van der Waals surface area (Å²) >= 11 is 0. The molecule has 0 fully saturated rings. The van der Waals surface area contributed by atoms with Crippen LogP contribution in [0.3, 0.4) is 0 Å². The van der Waals surface area contributed by atoms with Gasteiger partial charge in [0.25, 0.3) is 0 Å². The second-order valence-electron chi connectivity index (χ2n) is 3.19. The maximum atomic E-state index is 10.8. The van der Waals surface area contributed by atoms with Crippen molar-refractivity contribution in [3.63, 3.8) is 0 Å². The van der Waals surface area contributed by atoms with Gasteiger partial charge < -0.3 is 10.6 Å². The molecule has 0 aliphatic carbocycles. The maximum Gasteiger partial charge on any atom is 0.221 e. The Morgan fingerprint density at radius 2 is 2.07 bits per heavy atom. The Morgan fingerprint density at radius 1 is 1.36 bits per heavy atom. The molecule has 0 heterocycles. The maximum absolute atomic E-state index is 10.8. The fourth-order valence-electron chi connectivity index (χ4n) is 1.18. The Morgan fingerprint density at radius 3 is 2.71 bits per heavy atom. The van der Waals surface area contributed by atoms with Gasteiger partial charge in [0, 0.05) is 24.8 Å². The lowest BCUT2D eigenvalue weighted by molar-refractivity contribution is -0.114. The van der Waals surface area contributed by atoms with Crippen LogP contribution in [-0.2, 0) is 4.79 Å². The highest BCUT2D eigenvalue weighted by Crippen LogP contribution is 2.14. The van der Waals surface area contributed by atoms with Crippen LogP contribution in [-0.4, -0.2) is 12.5 Å². The van der Waals surface area contributed by atoms with Crippen molar-refractivity contribution < 1.29 is 4.79 Å². The zero-order valence-electron chi connectivity index (χ0n) is 8.63. The van der Waals surface area contributed by atoms with Gasteiger partial charge in [-0.15, -0.1) is 0 Å². The van der Waals surface area contributed by atoms with Crippen molar-refractivity contribution in [1.29, 1.82) is 0 Å². The first-order valence-corrected chi connectivity index (χ1v) is 4.84. The Hall–Kier alpha value is -1.51. The number of hydrogen-bond acceptors (Lipinski definition) is 2. The van der Waals surface area contributed by atoms with E-state index in [9.17, 15) is 4.79 Å². The van der Waals surface area contributed by atoms with Crippen molar-refractivity contribution in [2.24, 2.45) is 0 Å². The minimum absolute atomic E-state index is 0.0439. The van der Waals surface area contributed by atoms with Crippen molar-refractivity contribution in [1.82, 2.24) is 0 Å². The molecule has 0 aliphatic rings. The highest BCUT2D eigenvalue weighted by Gasteiger charge is 1.96. The van der Waals surface area contributed by atoms with Gasteiger partial charge in [-0.1, -0.05) is 13.0 Å². The molecule has 0 unspecified atom stereocenters. The molecule has 1 aromatic carbocycles. The van der Waals surface area contributed by atoms with Crippen LogP contribution in [0.4, 0.5) is 11.4 Å². The topological polar surface area (TPSA) is 41.1 Å². The van der Waals surface area contributed by atoms with E-state index in [4.69, 9.17) is 0 Å². The number of carbonyl (C=O) groups is 1. The van der Waals surface area contributed by atoms with E-state index in [2.05, 4.69) is 17.6 Å². The zero-order chi connectivity index (χ0) is 10.4. The molecule has 0 saturated carbocycles. The highest BCUT2D eigenvalue weighted by molar-refractivity contribution is 5.89. The molecule has 76 valence electrons. The Bertz CT molecular complexity index is 310. The minimum Gasteiger partial charge on any atom is -0.385 e. The third kappa shape index (κ3) is 3.47. The predicted molar refractivity (Wildman–Crippen MR) is 59.5 cm³/mol. The largest absolute Gasteiger partial charge is 0.385 e. The lowest BCUT2D eigenvalue weighted by Gasteiger charge is -2.07. The van der Waals surface area contributed by atoms with Crippen LogP contribution in [0, 0.1) is 0 Å². The van der Waals surface area contributed by atoms with Gasteiger partial charge in [-0.3, -0.25) is 4.79 Å². The smallest absolute Gasteiger partial charge is 0.221 e. The molecule has 0 radical (unpaired) electrons. The van der Waals surface area contributed by atoms with Gasteiger partial charge in [0.1, 0.15) is 0 Å². The van der Waals surface area contributed by atoms with Crippen molar-refractivity contribution in [3.05, 3.63) is 24.3 Å². The van der Waals surface area contributed by atoms with Crippen LogP contribution < -0.4 is 10.6 Å². The molecule has 0 saturated heterocycles. The molecule has 0 spiro atoms. The summed E-state index contributed by atoms with van der Waals surface area (Å²) in [4.78, 5) is 10.8. The number of hydrogen-bond donors (Lipinski definition) is 2. The number of benzene rings is 1. The van der Waals surface area contributed by atoms with Crippen LogP contribution in [0.25, 0.3) is 0 Å². The molecule has 14 heavy (non-hydrogen) atoms. The third-order valence-corrected chi connectivity index (χ3v) is 1.76.